The number of fused-ring (bicyclic) bond motifs is 1. The van der Waals surface area contributed by atoms with Gasteiger partial charge in [-0.25, -0.2) is 13.4 Å². The molecule has 38 heavy (non-hydrogen) atoms. The fourth-order valence-corrected chi connectivity index (χ4v) is 5.76. The van der Waals surface area contributed by atoms with Crippen LogP contribution in [0, 0.1) is 5.82 Å². The van der Waals surface area contributed by atoms with E-state index in [1.54, 1.807) is 18.2 Å². The topological polar surface area (TPSA) is 103 Å². The van der Waals surface area contributed by atoms with E-state index in [1.807, 2.05) is 55.8 Å². The second-order valence-electron chi connectivity index (χ2n) is 10.1. The molecule has 0 radical (unpaired) electrons. The molecular weight excluding hydrogens is 515 g/mol. The van der Waals surface area contributed by atoms with Crippen molar-refractivity contribution in [2.45, 2.75) is 45.2 Å². The van der Waals surface area contributed by atoms with E-state index < -0.39 is 39.9 Å². The minimum atomic E-state index is -4.28. The number of ether oxygens (including phenoxy) is 4. The second kappa shape index (κ2) is 9.72. The van der Waals surface area contributed by atoms with Gasteiger partial charge in [-0.3, -0.25) is 4.79 Å². The Kier molecular flexibility index (Phi) is 6.70. The van der Waals surface area contributed by atoms with E-state index in [1.165, 1.54) is 6.07 Å². The van der Waals surface area contributed by atoms with Crippen LogP contribution in [0.4, 0.5) is 10.1 Å². The van der Waals surface area contributed by atoms with E-state index in [9.17, 15) is 13.2 Å². The van der Waals surface area contributed by atoms with E-state index in [4.69, 9.17) is 18.9 Å². The van der Waals surface area contributed by atoms with Gasteiger partial charge in [-0.2, -0.15) is 8.42 Å². The minimum absolute atomic E-state index is 0.00141. The third-order valence-electron chi connectivity index (χ3n) is 6.41. The van der Waals surface area contributed by atoms with E-state index in [0.717, 1.165) is 5.56 Å². The van der Waals surface area contributed by atoms with Gasteiger partial charge in [0.2, 0.25) is 0 Å². The molecule has 0 spiro atoms. The molecule has 2 fully saturated rings. The molecule has 1 N–H and O–H groups in total. The number of amides is 1. The first-order valence-electron chi connectivity index (χ1n) is 12.2. The van der Waals surface area contributed by atoms with Crippen LogP contribution in [-0.2, 0) is 31.1 Å². The molecule has 5 rings (SSSR count). The van der Waals surface area contributed by atoms with Gasteiger partial charge in [-0.15, -0.1) is 0 Å². The van der Waals surface area contributed by atoms with Crippen molar-refractivity contribution in [3.63, 3.8) is 0 Å². The monoisotopic (exact) mass is 544 g/mol. The van der Waals surface area contributed by atoms with Gasteiger partial charge in [-0.05, 0) is 49.9 Å². The van der Waals surface area contributed by atoms with Crippen LogP contribution >= 0.6 is 0 Å². The summed E-state index contributed by atoms with van der Waals surface area (Å²) in [5, 5.41) is 0.616. The lowest BCUT2D eigenvalue weighted by Gasteiger charge is -2.25. The van der Waals surface area contributed by atoms with Crippen LogP contribution in [0.3, 0.4) is 0 Å². The Labute approximate surface area is 220 Å². The highest BCUT2D eigenvalue weighted by Gasteiger charge is 2.42. The maximum Gasteiger partial charge on any atom is 0.326 e. The number of hydrogen-bond acceptors (Lipinski definition) is 7. The summed E-state index contributed by atoms with van der Waals surface area (Å²) in [5.74, 6) is -1.85. The summed E-state index contributed by atoms with van der Waals surface area (Å²) in [7, 11) is -4.28. The van der Waals surface area contributed by atoms with Crippen LogP contribution in [0.5, 0.6) is 11.5 Å². The quantitative estimate of drug-likeness (QED) is 0.456. The number of anilines is 1. The highest BCUT2D eigenvalue weighted by molar-refractivity contribution is 7.92. The predicted octanol–water partition coefficient (Wildman–Crippen LogP) is 4.05. The van der Waals surface area contributed by atoms with Gasteiger partial charge >= 0.3 is 10.2 Å². The Morgan fingerprint density at radius 1 is 1.08 bits per heavy atom. The van der Waals surface area contributed by atoms with Crippen LogP contribution in [0.15, 0.2) is 54.6 Å². The summed E-state index contributed by atoms with van der Waals surface area (Å²) < 4.78 is 67.3. The smallest absolute Gasteiger partial charge is 0.326 e. The van der Waals surface area contributed by atoms with Gasteiger partial charge in [0.05, 0.1) is 18.8 Å². The first-order valence-corrected chi connectivity index (χ1v) is 13.6. The van der Waals surface area contributed by atoms with Gasteiger partial charge in [-0.1, -0.05) is 36.4 Å². The normalized spacial score (nSPS) is 22.0. The van der Waals surface area contributed by atoms with Gasteiger partial charge < -0.3 is 18.9 Å². The second-order valence-corrected chi connectivity index (χ2v) is 11.7. The number of nitrogens with one attached hydrogen (secondary N) is 1. The van der Waals surface area contributed by atoms with Gasteiger partial charge in [0.1, 0.15) is 30.3 Å². The van der Waals surface area contributed by atoms with Crippen molar-refractivity contribution in [3.8, 4) is 11.5 Å². The van der Waals surface area contributed by atoms with Crippen LogP contribution in [-0.4, -0.2) is 45.5 Å². The average Bonchev–Trinajstić information content (AvgIpc) is 3.30. The predicted molar refractivity (Wildman–Crippen MR) is 139 cm³/mol. The molecular formula is C27H29FN2O7S. The molecule has 11 heteroatoms. The highest BCUT2D eigenvalue weighted by atomic mass is 32.2. The lowest BCUT2D eigenvalue weighted by Crippen LogP contribution is -2.32. The number of rotatable bonds is 8. The third-order valence-corrected chi connectivity index (χ3v) is 7.79. The molecule has 3 aromatic carbocycles. The lowest BCUT2D eigenvalue weighted by atomic mass is 10.0. The Morgan fingerprint density at radius 3 is 2.50 bits per heavy atom. The van der Waals surface area contributed by atoms with Gasteiger partial charge in [0.25, 0.3) is 5.91 Å². The van der Waals surface area contributed by atoms with Crippen molar-refractivity contribution in [1.29, 1.82) is 0 Å². The Hall–Kier alpha value is -3.41. The summed E-state index contributed by atoms with van der Waals surface area (Å²) in [6.45, 7) is 5.90. The van der Waals surface area contributed by atoms with E-state index >= 15 is 4.39 Å². The number of carbonyl (C=O) groups excluding carboxylic acids is 1. The first kappa shape index (κ1) is 26.2. The molecule has 2 aliphatic heterocycles. The standard InChI is InChI=1S/C27H29FN2O7S/c1-26(2)36-17-27(3,37-26)11-12-34-20-10-9-19-13-22(35-16-18-7-5-4-6-8-18)25(24(28)21(19)14-20)30-15-23(31)29-38(30,32)33/h4-10,13-14H,11-12,15-17H2,1-3H3,(H,29,31). The fraction of sp³-hybridized carbons (Fsp3) is 0.370. The molecule has 202 valence electrons. The molecule has 1 atom stereocenters. The molecule has 2 heterocycles. The van der Waals surface area contributed by atoms with Gasteiger partial charge in [0.15, 0.2) is 11.6 Å². The van der Waals surface area contributed by atoms with Crippen LogP contribution in [0.1, 0.15) is 32.8 Å². The van der Waals surface area contributed by atoms with Crippen molar-refractivity contribution >= 4 is 32.6 Å². The number of nitrogens with zero attached hydrogens (tertiary/aromatic N) is 1. The zero-order valence-corrected chi connectivity index (χ0v) is 22.1. The zero-order valence-electron chi connectivity index (χ0n) is 21.3. The maximum absolute atomic E-state index is 16.1. The first-order chi connectivity index (χ1) is 17.9. The van der Waals surface area contributed by atoms with E-state index in [-0.39, 0.29) is 23.4 Å². The number of carbonyl (C=O) groups is 1. The van der Waals surface area contributed by atoms with Crippen molar-refractivity contribution in [2.24, 2.45) is 0 Å². The molecule has 2 aliphatic rings. The zero-order chi connectivity index (χ0) is 27.1. The minimum Gasteiger partial charge on any atom is -0.493 e. The molecule has 0 saturated carbocycles. The molecule has 0 bridgehead atoms. The molecule has 2 saturated heterocycles. The third kappa shape index (κ3) is 5.40. The Balaban J connectivity index is 1.45. The fourth-order valence-electron chi connectivity index (χ4n) is 4.60. The van der Waals surface area contributed by atoms with E-state index in [0.29, 0.717) is 35.1 Å². The summed E-state index contributed by atoms with van der Waals surface area (Å²) >= 11 is 0. The molecule has 9 nitrogen and oxygen atoms in total. The largest absolute Gasteiger partial charge is 0.493 e. The Morgan fingerprint density at radius 2 is 1.84 bits per heavy atom. The summed E-state index contributed by atoms with van der Waals surface area (Å²) in [6, 6.07) is 15.6. The van der Waals surface area contributed by atoms with Crippen LogP contribution < -0.4 is 18.5 Å². The number of benzene rings is 3. The molecule has 0 aliphatic carbocycles. The SMILES string of the molecule is CC1(CCOc2ccc3cc(OCc4ccccc4)c(N4CC(=O)NS4(=O)=O)c(F)c3c2)COC(C)(C)O1. The lowest BCUT2D eigenvalue weighted by molar-refractivity contribution is -0.159. The summed E-state index contributed by atoms with van der Waals surface area (Å²) in [5.41, 5.74) is -0.0296. The van der Waals surface area contributed by atoms with Crippen molar-refractivity contribution in [3.05, 3.63) is 66.0 Å². The summed E-state index contributed by atoms with van der Waals surface area (Å²) in [4.78, 5) is 11.9. The van der Waals surface area contributed by atoms with Crippen LogP contribution in [0.2, 0.25) is 0 Å². The van der Waals surface area contributed by atoms with Crippen LogP contribution in [0.25, 0.3) is 10.8 Å². The molecule has 3 aromatic rings. The number of hydrogen-bond donors (Lipinski definition) is 1. The molecule has 1 unspecified atom stereocenters. The van der Waals surface area contributed by atoms with Gasteiger partial charge in [0, 0.05) is 11.8 Å². The molecule has 0 aromatic heterocycles. The van der Waals surface area contributed by atoms with E-state index in [2.05, 4.69) is 0 Å². The molecule has 1 amide bonds. The number of halogens is 1. The highest BCUT2D eigenvalue weighted by Crippen LogP contribution is 2.41. The average molecular weight is 545 g/mol. The Bertz CT molecular complexity index is 1480. The maximum atomic E-state index is 16.1. The van der Waals surface area contributed by atoms with Crippen molar-refractivity contribution in [2.75, 3.05) is 24.1 Å². The van der Waals surface area contributed by atoms with Crippen molar-refractivity contribution in [1.82, 2.24) is 4.72 Å². The van der Waals surface area contributed by atoms with Crippen molar-refractivity contribution < 1.29 is 36.6 Å². The summed E-state index contributed by atoms with van der Waals surface area (Å²) in [6.07, 6.45) is 0.550.